The zero-order chi connectivity index (χ0) is 13.2. The molecule has 0 radical (unpaired) electrons. The highest BCUT2D eigenvalue weighted by molar-refractivity contribution is 5.84. The summed E-state index contributed by atoms with van der Waals surface area (Å²) in [6.45, 7) is 6.47. The van der Waals surface area contributed by atoms with Gasteiger partial charge in [0.1, 0.15) is 6.61 Å². The van der Waals surface area contributed by atoms with Crippen LogP contribution in [0, 0.1) is 5.41 Å². The first-order valence-electron chi connectivity index (χ1n) is 5.96. The highest BCUT2D eigenvalue weighted by Gasteiger charge is 2.21. The van der Waals surface area contributed by atoms with E-state index in [1.54, 1.807) is 0 Å². The van der Waals surface area contributed by atoms with E-state index in [1.165, 1.54) is 0 Å². The van der Waals surface area contributed by atoms with Gasteiger partial charge in [-0.05, 0) is 17.7 Å². The predicted molar refractivity (Wildman–Crippen MR) is 66.7 cm³/mol. The van der Waals surface area contributed by atoms with Crippen molar-refractivity contribution in [1.29, 1.82) is 0 Å². The van der Waals surface area contributed by atoms with Crippen LogP contribution < -0.4 is 9.47 Å². The fourth-order valence-electron chi connectivity index (χ4n) is 1.51. The van der Waals surface area contributed by atoms with Crippen molar-refractivity contribution in [3.8, 4) is 11.5 Å². The standard InChI is InChI=1S/C14H18O4/c1-14(2,3)13(15)8-16-7-10-4-5-11-12(6-10)18-9-17-11/h4-6H,7-9H2,1-3H3. The zero-order valence-electron chi connectivity index (χ0n) is 11.0. The monoisotopic (exact) mass is 250 g/mol. The molecule has 18 heavy (non-hydrogen) atoms. The third kappa shape index (κ3) is 3.01. The first-order chi connectivity index (χ1) is 8.47. The molecule has 0 saturated heterocycles. The van der Waals surface area contributed by atoms with E-state index in [1.807, 2.05) is 39.0 Å². The van der Waals surface area contributed by atoms with Crippen molar-refractivity contribution in [2.75, 3.05) is 13.4 Å². The molecule has 1 heterocycles. The summed E-state index contributed by atoms with van der Waals surface area (Å²) in [7, 11) is 0. The number of ether oxygens (including phenoxy) is 3. The van der Waals surface area contributed by atoms with Gasteiger partial charge in [-0.15, -0.1) is 0 Å². The van der Waals surface area contributed by atoms with Gasteiger partial charge < -0.3 is 14.2 Å². The number of Topliss-reactive ketones (excluding diaryl/α,β-unsaturated/α-hetero) is 1. The fourth-order valence-corrected chi connectivity index (χ4v) is 1.51. The summed E-state index contributed by atoms with van der Waals surface area (Å²) in [5.74, 6) is 1.59. The van der Waals surface area contributed by atoms with Crippen LogP contribution >= 0.6 is 0 Å². The van der Waals surface area contributed by atoms with Crippen LogP contribution in [0.2, 0.25) is 0 Å². The number of benzene rings is 1. The molecule has 1 aliphatic rings. The van der Waals surface area contributed by atoms with Gasteiger partial charge in [0.25, 0.3) is 0 Å². The lowest BCUT2D eigenvalue weighted by Gasteiger charge is -2.16. The van der Waals surface area contributed by atoms with Crippen LogP contribution in [0.3, 0.4) is 0 Å². The normalized spacial score (nSPS) is 13.7. The topological polar surface area (TPSA) is 44.8 Å². The SMILES string of the molecule is CC(C)(C)C(=O)COCc1ccc2c(c1)OCO2. The molecule has 0 aliphatic carbocycles. The van der Waals surface area contributed by atoms with Gasteiger partial charge in [0.05, 0.1) is 6.61 Å². The Hall–Kier alpha value is -1.55. The second-order valence-electron chi connectivity index (χ2n) is 5.35. The smallest absolute Gasteiger partial charge is 0.231 e. The summed E-state index contributed by atoms with van der Waals surface area (Å²) in [5.41, 5.74) is 0.621. The van der Waals surface area contributed by atoms with Crippen LogP contribution in [0.25, 0.3) is 0 Å². The third-order valence-corrected chi connectivity index (χ3v) is 2.78. The van der Waals surface area contributed by atoms with Crippen LogP contribution in [0.15, 0.2) is 18.2 Å². The summed E-state index contributed by atoms with van der Waals surface area (Å²) in [5, 5.41) is 0. The van der Waals surface area contributed by atoms with Crippen LogP contribution in [0.4, 0.5) is 0 Å². The molecular formula is C14H18O4. The van der Waals surface area contributed by atoms with E-state index < -0.39 is 0 Å². The lowest BCUT2D eigenvalue weighted by Crippen LogP contribution is -2.24. The Morgan fingerprint density at radius 1 is 1.28 bits per heavy atom. The molecular weight excluding hydrogens is 232 g/mol. The highest BCUT2D eigenvalue weighted by atomic mass is 16.7. The summed E-state index contributed by atoms with van der Waals surface area (Å²) >= 11 is 0. The number of fused-ring (bicyclic) bond motifs is 1. The fraction of sp³-hybridized carbons (Fsp3) is 0.500. The Bertz CT molecular complexity index is 446. The first-order valence-corrected chi connectivity index (χ1v) is 5.96. The first kappa shape index (κ1) is 12.9. The molecule has 98 valence electrons. The summed E-state index contributed by atoms with van der Waals surface area (Å²) < 4.78 is 15.9. The largest absolute Gasteiger partial charge is 0.454 e. The van der Waals surface area contributed by atoms with Gasteiger partial charge >= 0.3 is 0 Å². The Balaban J connectivity index is 1.86. The zero-order valence-corrected chi connectivity index (χ0v) is 11.0. The molecule has 4 heteroatoms. The number of hydrogen-bond acceptors (Lipinski definition) is 4. The minimum absolute atomic E-state index is 0.100. The van der Waals surface area contributed by atoms with E-state index in [4.69, 9.17) is 14.2 Å². The van der Waals surface area contributed by atoms with E-state index in [0.717, 1.165) is 17.1 Å². The Labute approximate surface area is 107 Å². The average molecular weight is 250 g/mol. The maximum absolute atomic E-state index is 11.7. The molecule has 0 atom stereocenters. The minimum atomic E-state index is -0.352. The molecule has 0 saturated carbocycles. The van der Waals surface area contributed by atoms with Gasteiger partial charge in [-0.1, -0.05) is 26.8 Å². The highest BCUT2D eigenvalue weighted by Crippen LogP contribution is 2.32. The Kier molecular flexibility index (Phi) is 3.57. The summed E-state index contributed by atoms with van der Waals surface area (Å²) in [6.07, 6.45) is 0. The molecule has 1 aliphatic heterocycles. The third-order valence-electron chi connectivity index (χ3n) is 2.78. The predicted octanol–water partition coefficient (Wildman–Crippen LogP) is 2.55. The summed E-state index contributed by atoms with van der Waals surface area (Å²) in [6, 6.07) is 5.64. The van der Waals surface area contributed by atoms with Crippen molar-refractivity contribution in [1.82, 2.24) is 0 Å². The van der Waals surface area contributed by atoms with Gasteiger partial charge in [0.2, 0.25) is 6.79 Å². The van der Waals surface area contributed by atoms with E-state index in [2.05, 4.69) is 0 Å². The molecule has 1 aromatic carbocycles. The lowest BCUT2D eigenvalue weighted by molar-refractivity contribution is -0.131. The van der Waals surface area contributed by atoms with Gasteiger partial charge in [0.15, 0.2) is 17.3 Å². The van der Waals surface area contributed by atoms with E-state index >= 15 is 0 Å². The lowest BCUT2D eigenvalue weighted by atomic mass is 9.91. The number of hydrogen-bond donors (Lipinski definition) is 0. The molecule has 0 amide bonds. The molecule has 0 N–H and O–H groups in total. The van der Waals surface area contributed by atoms with Gasteiger partial charge in [-0.2, -0.15) is 0 Å². The molecule has 0 aromatic heterocycles. The van der Waals surface area contributed by atoms with Crippen LogP contribution in [0.5, 0.6) is 11.5 Å². The van der Waals surface area contributed by atoms with Crippen molar-refractivity contribution in [3.63, 3.8) is 0 Å². The molecule has 1 aromatic rings. The second kappa shape index (κ2) is 4.98. The Morgan fingerprint density at radius 3 is 2.72 bits per heavy atom. The molecule has 0 bridgehead atoms. The van der Waals surface area contributed by atoms with Crippen molar-refractivity contribution in [2.24, 2.45) is 5.41 Å². The Morgan fingerprint density at radius 2 is 2.00 bits per heavy atom. The molecule has 4 nitrogen and oxygen atoms in total. The van der Waals surface area contributed by atoms with E-state index in [-0.39, 0.29) is 24.6 Å². The van der Waals surface area contributed by atoms with Crippen LogP contribution in [-0.2, 0) is 16.1 Å². The maximum atomic E-state index is 11.7. The van der Waals surface area contributed by atoms with Crippen LogP contribution in [-0.4, -0.2) is 19.2 Å². The molecule has 0 spiro atoms. The molecule has 2 rings (SSSR count). The summed E-state index contributed by atoms with van der Waals surface area (Å²) in [4.78, 5) is 11.7. The van der Waals surface area contributed by atoms with Gasteiger partial charge in [-0.25, -0.2) is 0 Å². The van der Waals surface area contributed by atoms with Crippen molar-refractivity contribution in [2.45, 2.75) is 27.4 Å². The number of ketones is 1. The van der Waals surface area contributed by atoms with E-state index in [0.29, 0.717) is 6.61 Å². The van der Waals surface area contributed by atoms with Gasteiger partial charge in [0, 0.05) is 5.41 Å². The van der Waals surface area contributed by atoms with Crippen LogP contribution in [0.1, 0.15) is 26.3 Å². The number of carbonyl (C=O) groups excluding carboxylic acids is 1. The molecule has 0 fully saturated rings. The molecule has 0 unspecified atom stereocenters. The minimum Gasteiger partial charge on any atom is -0.454 e. The number of rotatable bonds is 4. The number of carbonyl (C=O) groups is 1. The average Bonchev–Trinajstić information content (AvgIpc) is 2.74. The van der Waals surface area contributed by atoms with E-state index in [9.17, 15) is 4.79 Å². The quantitative estimate of drug-likeness (QED) is 0.823. The van der Waals surface area contributed by atoms with Crippen molar-refractivity contribution >= 4 is 5.78 Å². The van der Waals surface area contributed by atoms with Crippen molar-refractivity contribution in [3.05, 3.63) is 23.8 Å². The maximum Gasteiger partial charge on any atom is 0.231 e. The van der Waals surface area contributed by atoms with Gasteiger partial charge in [-0.3, -0.25) is 4.79 Å². The van der Waals surface area contributed by atoms with Crippen molar-refractivity contribution < 1.29 is 19.0 Å². The second-order valence-corrected chi connectivity index (χ2v) is 5.35.